The second-order valence-electron chi connectivity index (χ2n) is 6.15. The number of nitrogens with zero attached hydrogens (tertiary/aromatic N) is 1. The molecule has 20 heavy (non-hydrogen) atoms. The monoisotopic (exact) mass is 270 g/mol. The first-order valence-corrected chi connectivity index (χ1v) is 7.65. The minimum Gasteiger partial charge on any atom is -0.320 e. The van der Waals surface area contributed by atoms with E-state index in [1.807, 2.05) is 0 Å². The third kappa shape index (κ3) is 4.10. The van der Waals surface area contributed by atoms with Gasteiger partial charge in [0.1, 0.15) is 0 Å². The summed E-state index contributed by atoms with van der Waals surface area (Å²) in [5.74, 6) is 6.03. The molecule has 108 valence electrons. The minimum absolute atomic E-state index is 0.423. The van der Waals surface area contributed by atoms with E-state index < -0.39 is 0 Å². The molecule has 1 heterocycles. The maximum Gasteiger partial charge on any atom is 0.0555 e. The minimum atomic E-state index is 0.423. The Labute approximate surface area is 123 Å². The molecule has 1 aromatic rings. The predicted octanol–water partition coefficient (Wildman–Crippen LogP) is 3.01. The van der Waals surface area contributed by atoms with Crippen LogP contribution in [0.2, 0.25) is 0 Å². The van der Waals surface area contributed by atoms with Crippen LogP contribution in [0.1, 0.15) is 44.2 Å². The number of nitrogens with two attached hydrogens (primary N) is 1. The Morgan fingerprint density at radius 3 is 2.70 bits per heavy atom. The van der Waals surface area contributed by atoms with E-state index in [4.69, 9.17) is 5.73 Å². The molecule has 0 radical (unpaired) electrons. The maximum absolute atomic E-state index is 5.42. The standard InChI is InChI=1S/C18H26N2/c1-3-18(2)9-12-20(13-10-18)15-17-7-4-6-16(14-17)8-5-11-19/h4,6-7,14H,3,9-13,15,19H2,1-2H3. The molecule has 2 rings (SSSR count). The summed E-state index contributed by atoms with van der Waals surface area (Å²) in [5, 5.41) is 0. The van der Waals surface area contributed by atoms with Gasteiger partial charge in [0.05, 0.1) is 6.54 Å². The highest BCUT2D eigenvalue weighted by Gasteiger charge is 2.27. The van der Waals surface area contributed by atoms with Gasteiger partial charge in [-0.15, -0.1) is 0 Å². The molecule has 1 aliphatic rings. The molecule has 1 fully saturated rings. The van der Waals surface area contributed by atoms with Crippen LogP contribution in [0.25, 0.3) is 0 Å². The average Bonchev–Trinajstić information content (AvgIpc) is 2.48. The van der Waals surface area contributed by atoms with E-state index in [2.05, 4.69) is 54.9 Å². The van der Waals surface area contributed by atoms with Crippen molar-refractivity contribution in [2.75, 3.05) is 19.6 Å². The quantitative estimate of drug-likeness (QED) is 0.856. The zero-order valence-corrected chi connectivity index (χ0v) is 12.8. The number of hydrogen-bond donors (Lipinski definition) is 1. The van der Waals surface area contributed by atoms with Gasteiger partial charge in [0, 0.05) is 12.1 Å². The average molecular weight is 270 g/mol. The molecule has 0 aromatic heterocycles. The van der Waals surface area contributed by atoms with E-state index in [0.29, 0.717) is 12.0 Å². The Morgan fingerprint density at radius 2 is 2.05 bits per heavy atom. The summed E-state index contributed by atoms with van der Waals surface area (Å²) < 4.78 is 0. The third-order valence-electron chi connectivity index (χ3n) is 4.58. The third-order valence-corrected chi connectivity index (χ3v) is 4.58. The zero-order chi connectivity index (χ0) is 14.4. The molecule has 0 amide bonds. The first kappa shape index (κ1) is 15.1. The fourth-order valence-electron chi connectivity index (χ4n) is 2.76. The van der Waals surface area contributed by atoms with Gasteiger partial charge in [-0.3, -0.25) is 4.90 Å². The van der Waals surface area contributed by atoms with E-state index >= 15 is 0 Å². The lowest BCUT2D eigenvalue weighted by atomic mass is 9.78. The van der Waals surface area contributed by atoms with Crippen LogP contribution in [-0.2, 0) is 6.54 Å². The summed E-state index contributed by atoms with van der Waals surface area (Å²) in [7, 11) is 0. The van der Waals surface area contributed by atoms with Crippen LogP contribution in [0, 0.1) is 17.3 Å². The molecular formula is C18H26N2. The second-order valence-corrected chi connectivity index (χ2v) is 6.15. The van der Waals surface area contributed by atoms with Gasteiger partial charge in [0.25, 0.3) is 0 Å². The first-order valence-electron chi connectivity index (χ1n) is 7.65. The molecule has 1 aromatic carbocycles. The van der Waals surface area contributed by atoms with Crippen LogP contribution in [0.3, 0.4) is 0 Å². The molecule has 2 N–H and O–H groups in total. The SMILES string of the molecule is CCC1(C)CCN(Cc2cccc(C#CCN)c2)CC1. The lowest BCUT2D eigenvalue weighted by molar-refractivity contribution is 0.109. The van der Waals surface area contributed by atoms with Gasteiger partial charge in [-0.05, 0) is 49.0 Å². The normalized spacial score (nSPS) is 18.4. The summed E-state index contributed by atoms with van der Waals surface area (Å²) in [6.45, 7) is 8.62. The molecule has 0 bridgehead atoms. The Kier molecular flexibility index (Phi) is 5.23. The van der Waals surface area contributed by atoms with Crippen molar-refractivity contribution in [2.24, 2.45) is 11.1 Å². The van der Waals surface area contributed by atoms with Crippen molar-refractivity contribution < 1.29 is 0 Å². The Hall–Kier alpha value is -1.30. The lowest BCUT2D eigenvalue weighted by Gasteiger charge is -2.39. The number of benzene rings is 1. The van der Waals surface area contributed by atoms with Gasteiger partial charge < -0.3 is 5.73 Å². The van der Waals surface area contributed by atoms with Crippen molar-refractivity contribution in [3.8, 4) is 11.8 Å². The summed E-state index contributed by atoms with van der Waals surface area (Å²) in [6.07, 6.45) is 3.93. The highest BCUT2D eigenvalue weighted by Crippen LogP contribution is 2.34. The topological polar surface area (TPSA) is 29.3 Å². The summed E-state index contributed by atoms with van der Waals surface area (Å²) in [5.41, 5.74) is 8.41. The molecule has 2 heteroatoms. The van der Waals surface area contributed by atoms with Gasteiger partial charge in [-0.2, -0.15) is 0 Å². The smallest absolute Gasteiger partial charge is 0.0555 e. The molecule has 0 unspecified atom stereocenters. The van der Waals surface area contributed by atoms with E-state index in [0.717, 1.165) is 12.1 Å². The Bertz CT molecular complexity index is 488. The summed E-state index contributed by atoms with van der Waals surface area (Å²) >= 11 is 0. The van der Waals surface area contributed by atoms with Gasteiger partial charge in [-0.25, -0.2) is 0 Å². The van der Waals surface area contributed by atoms with Crippen LogP contribution >= 0.6 is 0 Å². The zero-order valence-electron chi connectivity index (χ0n) is 12.8. The van der Waals surface area contributed by atoms with Crippen molar-refractivity contribution >= 4 is 0 Å². The molecule has 0 spiro atoms. The van der Waals surface area contributed by atoms with Crippen molar-refractivity contribution in [3.05, 3.63) is 35.4 Å². The van der Waals surface area contributed by atoms with Crippen LogP contribution < -0.4 is 5.73 Å². The number of piperidine rings is 1. The number of hydrogen-bond acceptors (Lipinski definition) is 2. The van der Waals surface area contributed by atoms with Crippen molar-refractivity contribution in [2.45, 2.75) is 39.7 Å². The van der Waals surface area contributed by atoms with Crippen molar-refractivity contribution in [1.82, 2.24) is 4.90 Å². The van der Waals surface area contributed by atoms with Gasteiger partial charge in [0.15, 0.2) is 0 Å². The predicted molar refractivity (Wildman–Crippen MR) is 85.3 cm³/mol. The Balaban J connectivity index is 1.94. The van der Waals surface area contributed by atoms with Gasteiger partial charge in [-0.1, -0.05) is 44.2 Å². The second kappa shape index (κ2) is 6.92. The lowest BCUT2D eigenvalue weighted by Crippen LogP contribution is -2.37. The fraction of sp³-hybridized carbons (Fsp3) is 0.556. The van der Waals surface area contributed by atoms with Crippen LogP contribution in [0.15, 0.2) is 24.3 Å². The van der Waals surface area contributed by atoms with E-state index in [1.54, 1.807) is 0 Å². The Morgan fingerprint density at radius 1 is 1.30 bits per heavy atom. The van der Waals surface area contributed by atoms with Gasteiger partial charge in [0.2, 0.25) is 0 Å². The first-order chi connectivity index (χ1) is 9.65. The molecular weight excluding hydrogens is 244 g/mol. The number of likely N-dealkylation sites (tertiary alicyclic amines) is 1. The van der Waals surface area contributed by atoms with Crippen LogP contribution in [0.5, 0.6) is 0 Å². The van der Waals surface area contributed by atoms with Crippen molar-refractivity contribution in [3.63, 3.8) is 0 Å². The molecule has 0 aliphatic carbocycles. The highest BCUT2D eigenvalue weighted by molar-refractivity contribution is 5.37. The van der Waals surface area contributed by atoms with Crippen molar-refractivity contribution in [1.29, 1.82) is 0 Å². The van der Waals surface area contributed by atoms with Crippen LogP contribution in [-0.4, -0.2) is 24.5 Å². The molecule has 1 aliphatic heterocycles. The van der Waals surface area contributed by atoms with E-state index in [1.165, 1.54) is 37.9 Å². The molecule has 2 nitrogen and oxygen atoms in total. The van der Waals surface area contributed by atoms with E-state index in [9.17, 15) is 0 Å². The summed E-state index contributed by atoms with van der Waals surface area (Å²) in [6, 6.07) is 8.53. The largest absolute Gasteiger partial charge is 0.320 e. The van der Waals surface area contributed by atoms with Gasteiger partial charge >= 0.3 is 0 Å². The van der Waals surface area contributed by atoms with E-state index in [-0.39, 0.29) is 0 Å². The summed E-state index contributed by atoms with van der Waals surface area (Å²) in [4.78, 5) is 2.56. The molecule has 1 saturated heterocycles. The highest BCUT2D eigenvalue weighted by atomic mass is 15.1. The molecule has 0 atom stereocenters. The fourth-order valence-corrected chi connectivity index (χ4v) is 2.76. The maximum atomic E-state index is 5.42. The van der Waals surface area contributed by atoms with Crippen LogP contribution in [0.4, 0.5) is 0 Å². The number of rotatable bonds is 3. The molecule has 0 saturated carbocycles.